The molecule has 0 aliphatic carbocycles. The van der Waals surface area contributed by atoms with Gasteiger partial charge in [0.2, 0.25) is 0 Å². The maximum Gasteiger partial charge on any atom is 0.191 e. The minimum Gasteiger partial charge on any atom is -0.494 e. The van der Waals surface area contributed by atoms with Crippen LogP contribution in [0.15, 0.2) is 46.3 Å². The Bertz CT molecular complexity index is 960. The molecule has 0 heterocycles. The van der Waals surface area contributed by atoms with E-state index in [9.17, 15) is 8.42 Å². The highest BCUT2D eigenvalue weighted by atomic mass is 127. The lowest BCUT2D eigenvalue weighted by Crippen LogP contribution is -2.36. The summed E-state index contributed by atoms with van der Waals surface area (Å²) in [6, 6.07) is 11.5. The average molecular weight is 531 g/mol. The molecule has 2 rings (SSSR count). The van der Waals surface area contributed by atoms with Gasteiger partial charge in [0.15, 0.2) is 15.8 Å². The zero-order valence-corrected chi connectivity index (χ0v) is 20.7. The first-order valence-electron chi connectivity index (χ1n) is 9.21. The molecule has 8 heteroatoms. The third kappa shape index (κ3) is 7.50. The van der Waals surface area contributed by atoms with Crippen molar-refractivity contribution in [2.45, 2.75) is 38.8 Å². The fourth-order valence-corrected chi connectivity index (χ4v) is 3.93. The van der Waals surface area contributed by atoms with Gasteiger partial charge < -0.3 is 15.4 Å². The van der Waals surface area contributed by atoms with Crippen LogP contribution in [-0.2, 0) is 22.9 Å². The summed E-state index contributed by atoms with van der Waals surface area (Å²) in [5.74, 6) is 1.58. The summed E-state index contributed by atoms with van der Waals surface area (Å²) in [6.07, 6.45) is 1.22. The van der Waals surface area contributed by atoms with E-state index in [1.54, 1.807) is 20.0 Å². The van der Waals surface area contributed by atoms with Gasteiger partial charge in [0, 0.05) is 26.4 Å². The SMILES string of the molecule is CCOc1ccc(CNC(=NC)NCc2ccc(S(C)(=O)=O)c(C)c2)cc1C.I. The number of hydrogen-bond acceptors (Lipinski definition) is 4. The number of nitrogens with one attached hydrogen (secondary N) is 2. The molecule has 0 atom stereocenters. The lowest BCUT2D eigenvalue weighted by Gasteiger charge is -2.14. The Morgan fingerprint density at radius 1 is 1.00 bits per heavy atom. The van der Waals surface area contributed by atoms with Crippen molar-refractivity contribution in [3.63, 3.8) is 0 Å². The van der Waals surface area contributed by atoms with Gasteiger partial charge in [-0.3, -0.25) is 4.99 Å². The predicted molar refractivity (Wildman–Crippen MR) is 129 cm³/mol. The number of hydrogen-bond donors (Lipinski definition) is 2. The molecule has 2 aromatic carbocycles. The Hall–Kier alpha value is -1.81. The smallest absolute Gasteiger partial charge is 0.191 e. The first-order valence-corrected chi connectivity index (χ1v) is 11.1. The van der Waals surface area contributed by atoms with Gasteiger partial charge in [0.25, 0.3) is 0 Å². The predicted octanol–water partition coefficient (Wildman–Crippen LogP) is 3.59. The standard InChI is InChI=1S/C21H29N3O3S.HI/c1-6-27-19-9-7-17(11-15(19)2)13-23-21(22-4)24-14-18-8-10-20(16(3)12-18)28(5,25)26;/h7-12H,6,13-14H2,1-5H3,(H2,22,23,24);1H. The van der Waals surface area contributed by atoms with Crippen LogP contribution in [0.4, 0.5) is 0 Å². The second-order valence-corrected chi connectivity index (χ2v) is 8.67. The minimum absolute atomic E-state index is 0. The van der Waals surface area contributed by atoms with Gasteiger partial charge >= 0.3 is 0 Å². The Balaban J connectivity index is 0.00000420. The number of rotatable bonds is 7. The molecule has 2 aromatic rings. The summed E-state index contributed by atoms with van der Waals surface area (Å²) in [6.45, 7) is 7.65. The fourth-order valence-electron chi connectivity index (χ4n) is 2.97. The third-order valence-corrected chi connectivity index (χ3v) is 5.58. The molecule has 160 valence electrons. The summed E-state index contributed by atoms with van der Waals surface area (Å²) in [5, 5.41) is 6.54. The molecule has 2 N–H and O–H groups in total. The van der Waals surface area contributed by atoms with Crippen molar-refractivity contribution < 1.29 is 13.2 Å². The molecule has 29 heavy (non-hydrogen) atoms. The Morgan fingerprint density at radius 3 is 2.00 bits per heavy atom. The van der Waals surface area contributed by atoms with Crippen LogP contribution < -0.4 is 15.4 Å². The van der Waals surface area contributed by atoms with Crippen LogP contribution in [0, 0.1) is 13.8 Å². The molecule has 0 fully saturated rings. The van der Waals surface area contributed by atoms with Crippen molar-refractivity contribution in [3.05, 3.63) is 58.7 Å². The molecule has 0 radical (unpaired) electrons. The second-order valence-electron chi connectivity index (χ2n) is 6.68. The molecule has 0 aromatic heterocycles. The number of ether oxygens (including phenoxy) is 1. The molecule has 6 nitrogen and oxygen atoms in total. The van der Waals surface area contributed by atoms with Crippen molar-refractivity contribution in [1.82, 2.24) is 10.6 Å². The second kappa shape index (κ2) is 11.4. The molecule has 0 saturated heterocycles. The zero-order chi connectivity index (χ0) is 20.7. The van der Waals surface area contributed by atoms with Crippen LogP contribution in [0.25, 0.3) is 0 Å². The minimum atomic E-state index is -3.20. The van der Waals surface area contributed by atoms with E-state index in [-0.39, 0.29) is 24.0 Å². The van der Waals surface area contributed by atoms with E-state index in [1.165, 1.54) is 6.26 Å². The monoisotopic (exact) mass is 531 g/mol. The molecule has 0 amide bonds. The van der Waals surface area contributed by atoms with E-state index in [2.05, 4.69) is 21.7 Å². The van der Waals surface area contributed by atoms with Crippen LogP contribution >= 0.6 is 24.0 Å². The number of nitrogens with zero attached hydrogens (tertiary/aromatic N) is 1. The first kappa shape index (κ1) is 25.2. The number of sulfone groups is 1. The zero-order valence-electron chi connectivity index (χ0n) is 17.6. The Morgan fingerprint density at radius 2 is 1.55 bits per heavy atom. The lowest BCUT2D eigenvalue weighted by atomic mass is 10.1. The van der Waals surface area contributed by atoms with Gasteiger partial charge in [-0.05, 0) is 55.2 Å². The number of guanidine groups is 1. The van der Waals surface area contributed by atoms with Crippen LogP contribution in [0.2, 0.25) is 0 Å². The van der Waals surface area contributed by atoms with Crippen molar-refractivity contribution >= 4 is 39.8 Å². The van der Waals surface area contributed by atoms with Crippen LogP contribution in [-0.4, -0.2) is 34.3 Å². The third-order valence-electron chi connectivity index (χ3n) is 4.32. The summed E-state index contributed by atoms with van der Waals surface area (Å²) < 4.78 is 29.0. The number of aliphatic imine (C=N–C) groups is 1. The molecule has 0 spiro atoms. The molecular weight excluding hydrogens is 501 g/mol. The summed E-state index contributed by atoms with van der Waals surface area (Å²) in [7, 11) is -1.48. The Labute approximate surface area is 191 Å². The van der Waals surface area contributed by atoms with Crippen LogP contribution in [0.1, 0.15) is 29.2 Å². The normalized spacial score (nSPS) is 11.6. The molecule has 0 aliphatic heterocycles. The van der Waals surface area contributed by atoms with Gasteiger partial charge in [-0.15, -0.1) is 24.0 Å². The van der Waals surface area contributed by atoms with Crippen LogP contribution in [0.5, 0.6) is 5.75 Å². The first-order chi connectivity index (χ1) is 13.2. The maximum absolute atomic E-state index is 11.7. The highest BCUT2D eigenvalue weighted by Gasteiger charge is 2.11. The quantitative estimate of drug-likeness (QED) is 0.325. The van der Waals surface area contributed by atoms with E-state index >= 15 is 0 Å². The molecule has 0 unspecified atom stereocenters. The van der Waals surface area contributed by atoms with Crippen molar-refractivity contribution in [3.8, 4) is 5.75 Å². The van der Waals surface area contributed by atoms with Gasteiger partial charge in [0.05, 0.1) is 11.5 Å². The van der Waals surface area contributed by atoms with Gasteiger partial charge in [-0.25, -0.2) is 8.42 Å². The fraction of sp³-hybridized carbons (Fsp3) is 0.381. The van der Waals surface area contributed by atoms with Gasteiger partial charge in [-0.2, -0.15) is 0 Å². The van der Waals surface area contributed by atoms with E-state index in [1.807, 2.05) is 38.1 Å². The summed E-state index contributed by atoms with van der Waals surface area (Å²) >= 11 is 0. The lowest BCUT2D eigenvalue weighted by molar-refractivity contribution is 0.338. The molecule has 0 aliphatic rings. The van der Waals surface area contributed by atoms with Crippen molar-refractivity contribution in [1.29, 1.82) is 0 Å². The number of benzene rings is 2. The van der Waals surface area contributed by atoms with Gasteiger partial charge in [0.1, 0.15) is 5.75 Å². The molecular formula is C21H30IN3O3S. The van der Waals surface area contributed by atoms with Crippen LogP contribution in [0.3, 0.4) is 0 Å². The van der Waals surface area contributed by atoms with E-state index < -0.39 is 9.84 Å². The summed E-state index contributed by atoms with van der Waals surface area (Å²) in [5.41, 5.74) is 3.97. The van der Waals surface area contributed by atoms with E-state index in [0.717, 1.165) is 28.0 Å². The maximum atomic E-state index is 11.7. The molecule has 0 saturated carbocycles. The topological polar surface area (TPSA) is 79.8 Å². The van der Waals surface area contributed by atoms with E-state index in [4.69, 9.17) is 4.74 Å². The van der Waals surface area contributed by atoms with Crippen molar-refractivity contribution in [2.24, 2.45) is 4.99 Å². The van der Waals surface area contributed by atoms with E-state index in [0.29, 0.717) is 30.6 Å². The van der Waals surface area contributed by atoms with Gasteiger partial charge in [-0.1, -0.05) is 24.3 Å². The average Bonchev–Trinajstić information content (AvgIpc) is 2.63. The number of aryl methyl sites for hydroxylation is 2. The van der Waals surface area contributed by atoms with Crippen molar-refractivity contribution in [2.75, 3.05) is 19.9 Å². The molecule has 0 bridgehead atoms. The largest absolute Gasteiger partial charge is 0.494 e. The summed E-state index contributed by atoms with van der Waals surface area (Å²) in [4.78, 5) is 4.61. The highest BCUT2D eigenvalue weighted by Crippen LogP contribution is 2.19. The number of halogens is 1. The Kier molecular flexibility index (Phi) is 9.91. The highest BCUT2D eigenvalue weighted by molar-refractivity contribution is 14.0.